The molecule has 6 heteroatoms. The molecular formula is C21H20N4OS. The molecule has 1 aromatic heterocycles. The standard InChI is InChI=1S/C21H20N4OS/c26-19(24-13-12-15-6-4-5-9-18(15)24)14-27-21-23-22-20(16-10-11-16)25(21)17-7-2-1-3-8-17/h1-9,16H,10-14H2. The third-order valence-electron chi connectivity index (χ3n) is 5.13. The van der Waals surface area contributed by atoms with Crippen molar-refractivity contribution in [1.82, 2.24) is 14.8 Å². The van der Waals surface area contributed by atoms with Crippen LogP contribution in [-0.2, 0) is 11.2 Å². The first-order valence-corrected chi connectivity index (χ1v) is 10.3. The van der Waals surface area contributed by atoms with Crippen molar-refractivity contribution in [3.63, 3.8) is 0 Å². The Kier molecular flexibility index (Phi) is 4.20. The summed E-state index contributed by atoms with van der Waals surface area (Å²) in [7, 11) is 0. The number of hydrogen-bond donors (Lipinski definition) is 0. The summed E-state index contributed by atoms with van der Waals surface area (Å²) in [6.07, 6.45) is 3.26. The molecule has 0 N–H and O–H groups in total. The highest BCUT2D eigenvalue weighted by Crippen LogP contribution is 2.41. The van der Waals surface area contributed by atoms with Gasteiger partial charge in [0.05, 0.1) is 5.75 Å². The Morgan fingerprint density at radius 3 is 2.63 bits per heavy atom. The molecule has 1 aliphatic carbocycles. The molecule has 1 amide bonds. The fourth-order valence-electron chi connectivity index (χ4n) is 3.60. The number of amides is 1. The predicted octanol–water partition coefficient (Wildman–Crippen LogP) is 3.83. The Balaban J connectivity index is 1.37. The topological polar surface area (TPSA) is 51.0 Å². The van der Waals surface area contributed by atoms with Gasteiger partial charge in [0.25, 0.3) is 0 Å². The highest BCUT2D eigenvalue weighted by atomic mass is 32.2. The Morgan fingerprint density at radius 2 is 1.81 bits per heavy atom. The molecule has 1 fully saturated rings. The molecule has 0 spiro atoms. The summed E-state index contributed by atoms with van der Waals surface area (Å²) in [6, 6.07) is 18.3. The summed E-state index contributed by atoms with van der Waals surface area (Å²) in [5, 5.41) is 9.63. The van der Waals surface area contributed by atoms with E-state index in [9.17, 15) is 4.79 Å². The van der Waals surface area contributed by atoms with E-state index in [-0.39, 0.29) is 5.91 Å². The zero-order valence-electron chi connectivity index (χ0n) is 14.9. The van der Waals surface area contributed by atoms with Gasteiger partial charge in [-0.1, -0.05) is 48.2 Å². The second kappa shape index (κ2) is 6.85. The molecule has 2 heterocycles. The van der Waals surface area contributed by atoms with Crippen LogP contribution in [0.25, 0.3) is 5.69 Å². The van der Waals surface area contributed by atoms with Crippen LogP contribution >= 0.6 is 11.8 Å². The molecule has 3 aromatic rings. The average Bonchev–Trinajstić information content (AvgIpc) is 3.32. The van der Waals surface area contributed by atoms with E-state index in [0.717, 1.165) is 35.3 Å². The maximum atomic E-state index is 12.8. The Hall–Kier alpha value is -2.60. The van der Waals surface area contributed by atoms with Gasteiger partial charge in [-0.15, -0.1) is 10.2 Å². The molecule has 5 nitrogen and oxygen atoms in total. The van der Waals surface area contributed by atoms with Gasteiger partial charge in [-0.25, -0.2) is 0 Å². The number of rotatable bonds is 5. The Morgan fingerprint density at radius 1 is 1.04 bits per heavy atom. The maximum absolute atomic E-state index is 12.8. The summed E-state index contributed by atoms with van der Waals surface area (Å²) in [5.41, 5.74) is 3.36. The summed E-state index contributed by atoms with van der Waals surface area (Å²) >= 11 is 1.48. The summed E-state index contributed by atoms with van der Waals surface area (Å²) in [4.78, 5) is 14.7. The van der Waals surface area contributed by atoms with Crippen molar-refractivity contribution in [2.75, 3.05) is 17.2 Å². The number of anilines is 1. The van der Waals surface area contributed by atoms with Gasteiger partial charge in [-0.3, -0.25) is 9.36 Å². The van der Waals surface area contributed by atoms with E-state index < -0.39 is 0 Å². The number of aromatic nitrogens is 3. The van der Waals surface area contributed by atoms with Gasteiger partial charge in [0, 0.05) is 23.8 Å². The van der Waals surface area contributed by atoms with Gasteiger partial charge in [0.1, 0.15) is 5.82 Å². The maximum Gasteiger partial charge on any atom is 0.237 e. The lowest BCUT2D eigenvalue weighted by Gasteiger charge is -2.17. The third kappa shape index (κ3) is 3.14. The SMILES string of the molecule is O=C(CSc1nnc(C2CC2)n1-c1ccccc1)N1CCc2ccccc21. The third-order valence-corrected chi connectivity index (χ3v) is 6.04. The van der Waals surface area contributed by atoms with Crippen LogP contribution in [0.15, 0.2) is 59.8 Å². The molecule has 0 atom stereocenters. The largest absolute Gasteiger partial charge is 0.311 e. The fourth-order valence-corrected chi connectivity index (χ4v) is 4.44. The number of benzene rings is 2. The van der Waals surface area contributed by atoms with E-state index in [2.05, 4.69) is 33.0 Å². The van der Waals surface area contributed by atoms with Crippen LogP contribution in [0.3, 0.4) is 0 Å². The summed E-state index contributed by atoms with van der Waals surface area (Å²) < 4.78 is 2.12. The average molecular weight is 376 g/mol. The highest BCUT2D eigenvalue weighted by Gasteiger charge is 2.31. The minimum atomic E-state index is 0.125. The van der Waals surface area contributed by atoms with Crippen molar-refractivity contribution >= 4 is 23.4 Å². The van der Waals surface area contributed by atoms with E-state index in [1.54, 1.807) is 0 Å². The van der Waals surface area contributed by atoms with Crippen LogP contribution in [0.5, 0.6) is 0 Å². The molecule has 27 heavy (non-hydrogen) atoms. The van der Waals surface area contributed by atoms with Gasteiger partial charge in [0.15, 0.2) is 5.16 Å². The zero-order valence-corrected chi connectivity index (χ0v) is 15.7. The quantitative estimate of drug-likeness (QED) is 0.635. The van der Waals surface area contributed by atoms with E-state index in [4.69, 9.17) is 0 Å². The summed E-state index contributed by atoms with van der Waals surface area (Å²) in [5.74, 6) is 2.00. The van der Waals surface area contributed by atoms with Crippen molar-refractivity contribution in [2.24, 2.45) is 0 Å². The first-order chi connectivity index (χ1) is 13.3. The molecule has 0 bridgehead atoms. The van der Waals surface area contributed by atoms with Crippen LogP contribution in [0, 0.1) is 0 Å². The second-order valence-electron chi connectivity index (χ2n) is 7.00. The van der Waals surface area contributed by atoms with Gasteiger partial charge in [-0.2, -0.15) is 0 Å². The number of fused-ring (bicyclic) bond motifs is 1. The van der Waals surface area contributed by atoms with Gasteiger partial charge in [0.2, 0.25) is 5.91 Å². The normalized spacial score (nSPS) is 15.8. The van der Waals surface area contributed by atoms with Crippen molar-refractivity contribution in [2.45, 2.75) is 30.3 Å². The molecular weight excluding hydrogens is 356 g/mol. The first kappa shape index (κ1) is 16.6. The molecule has 0 radical (unpaired) electrons. The monoisotopic (exact) mass is 376 g/mol. The fraction of sp³-hybridized carbons (Fsp3) is 0.286. The molecule has 5 rings (SSSR count). The highest BCUT2D eigenvalue weighted by molar-refractivity contribution is 7.99. The molecule has 2 aromatic carbocycles. The number of nitrogens with zero attached hydrogens (tertiary/aromatic N) is 4. The van der Waals surface area contributed by atoms with Gasteiger partial charge in [-0.05, 0) is 43.0 Å². The zero-order chi connectivity index (χ0) is 18.2. The van der Waals surface area contributed by atoms with Crippen LogP contribution in [0.1, 0.15) is 30.1 Å². The van der Waals surface area contributed by atoms with Crippen molar-refractivity contribution in [1.29, 1.82) is 0 Å². The van der Waals surface area contributed by atoms with Crippen LogP contribution in [0.4, 0.5) is 5.69 Å². The molecule has 0 saturated heterocycles. The molecule has 0 unspecified atom stereocenters. The lowest BCUT2D eigenvalue weighted by Crippen LogP contribution is -2.30. The second-order valence-corrected chi connectivity index (χ2v) is 7.94. The van der Waals surface area contributed by atoms with Crippen molar-refractivity contribution in [3.8, 4) is 5.69 Å². The van der Waals surface area contributed by atoms with Gasteiger partial charge >= 0.3 is 0 Å². The van der Waals surface area contributed by atoms with E-state index in [1.807, 2.05) is 41.3 Å². The molecule has 1 aliphatic heterocycles. The lowest BCUT2D eigenvalue weighted by molar-refractivity contribution is -0.116. The van der Waals surface area contributed by atoms with Gasteiger partial charge < -0.3 is 4.90 Å². The Bertz CT molecular complexity index is 981. The van der Waals surface area contributed by atoms with E-state index in [1.165, 1.54) is 30.2 Å². The van der Waals surface area contributed by atoms with E-state index >= 15 is 0 Å². The van der Waals surface area contributed by atoms with Crippen LogP contribution in [0.2, 0.25) is 0 Å². The minimum Gasteiger partial charge on any atom is -0.311 e. The summed E-state index contributed by atoms with van der Waals surface area (Å²) in [6.45, 7) is 0.761. The van der Waals surface area contributed by atoms with Crippen molar-refractivity contribution < 1.29 is 4.79 Å². The minimum absolute atomic E-state index is 0.125. The molecule has 2 aliphatic rings. The number of hydrogen-bond acceptors (Lipinski definition) is 4. The Labute approximate surface area is 162 Å². The molecule has 136 valence electrons. The van der Waals surface area contributed by atoms with Crippen LogP contribution < -0.4 is 4.90 Å². The van der Waals surface area contributed by atoms with E-state index in [0.29, 0.717) is 11.7 Å². The van der Waals surface area contributed by atoms with Crippen molar-refractivity contribution in [3.05, 3.63) is 66.0 Å². The van der Waals surface area contributed by atoms with Crippen LogP contribution in [-0.4, -0.2) is 33.0 Å². The molecule has 1 saturated carbocycles. The lowest BCUT2D eigenvalue weighted by atomic mass is 10.2. The number of carbonyl (C=O) groups is 1. The number of para-hydroxylation sites is 2. The first-order valence-electron chi connectivity index (χ1n) is 9.33. The number of carbonyl (C=O) groups excluding carboxylic acids is 1. The predicted molar refractivity (Wildman–Crippen MR) is 107 cm³/mol. The smallest absolute Gasteiger partial charge is 0.237 e. The number of thioether (sulfide) groups is 1.